The molecule has 6 nitrogen and oxygen atoms in total. The highest BCUT2D eigenvalue weighted by Crippen LogP contribution is 2.28. The monoisotopic (exact) mass is 316 g/mol. The molecule has 20 heavy (non-hydrogen) atoms. The van der Waals surface area contributed by atoms with Crippen LogP contribution in [0, 0.1) is 20.8 Å². The van der Waals surface area contributed by atoms with Crippen LogP contribution in [0.3, 0.4) is 0 Å². The van der Waals surface area contributed by atoms with E-state index < -0.39 is 9.05 Å². The van der Waals surface area contributed by atoms with Crippen molar-refractivity contribution in [1.82, 2.24) is 10.2 Å². The first-order valence-corrected chi connectivity index (χ1v) is 8.06. The van der Waals surface area contributed by atoms with Crippen LogP contribution in [0.1, 0.15) is 22.9 Å². The van der Waals surface area contributed by atoms with Crippen LogP contribution >= 0.6 is 10.7 Å². The second kappa shape index (κ2) is 5.41. The highest BCUT2D eigenvalue weighted by molar-refractivity contribution is 8.13. The van der Waals surface area contributed by atoms with Gasteiger partial charge in [-0.05, 0) is 37.1 Å². The number of aryl methyl sites for hydroxylation is 3. The first-order chi connectivity index (χ1) is 9.27. The molecule has 1 aromatic heterocycles. The van der Waals surface area contributed by atoms with Crippen molar-refractivity contribution >= 4 is 19.7 Å². The molecule has 0 atom stereocenters. The summed E-state index contributed by atoms with van der Waals surface area (Å²) in [6.45, 7) is 5.19. The van der Waals surface area contributed by atoms with Crippen LogP contribution in [0.5, 0.6) is 5.75 Å². The maximum atomic E-state index is 11.4. The van der Waals surface area contributed by atoms with Crippen LogP contribution in [0.25, 0.3) is 0 Å². The van der Waals surface area contributed by atoms with Crippen LogP contribution in [0.2, 0.25) is 0 Å². The third kappa shape index (κ3) is 3.29. The minimum atomic E-state index is -3.76. The minimum Gasteiger partial charge on any atom is -0.484 e. The molecule has 8 heteroatoms. The van der Waals surface area contributed by atoms with E-state index in [0.717, 1.165) is 0 Å². The SMILES string of the molecule is Cc1nnc(COc2cc(C)c(S(=O)(=O)Cl)cc2C)o1. The Labute approximate surface area is 121 Å². The van der Waals surface area contributed by atoms with Gasteiger partial charge in [0.2, 0.25) is 5.89 Å². The van der Waals surface area contributed by atoms with Crippen molar-refractivity contribution in [1.29, 1.82) is 0 Å². The normalized spacial score (nSPS) is 11.6. The van der Waals surface area contributed by atoms with Gasteiger partial charge in [-0.15, -0.1) is 10.2 Å². The fraction of sp³-hybridized carbons (Fsp3) is 0.333. The third-order valence-electron chi connectivity index (χ3n) is 2.65. The average Bonchev–Trinajstić information content (AvgIpc) is 2.74. The molecular weight excluding hydrogens is 304 g/mol. The Morgan fingerprint density at radius 1 is 1.20 bits per heavy atom. The van der Waals surface area contributed by atoms with E-state index >= 15 is 0 Å². The Kier molecular flexibility index (Phi) is 4.01. The highest BCUT2D eigenvalue weighted by atomic mass is 35.7. The quantitative estimate of drug-likeness (QED) is 0.806. The van der Waals surface area contributed by atoms with E-state index in [9.17, 15) is 8.42 Å². The molecule has 0 N–H and O–H groups in total. The zero-order valence-electron chi connectivity index (χ0n) is 11.2. The molecule has 0 saturated carbocycles. The molecular formula is C12H13ClN2O4S. The molecule has 1 heterocycles. The van der Waals surface area contributed by atoms with Gasteiger partial charge in [0, 0.05) is 17.6 Å². The van der Waals surface area contributed by atoms with E-state index in [1.807, 2.05) is 0 Å². The summed E-state index contributed by atoms with van der Waals surface area (Å²) in [6, 6.07) is 3.10. The van der Waals surface area contributed by atoms with Crippen molar-refractivity contribution in [3.05, 3.63) is 35.0 Å². The van der Waals surface area contributed by atoms with Gasteiger partial charge < -0.3 is 9.15 Å². The van der Waals surface area contributed by atoms with Gasteiger partial charge in [0.25, 0.3) is 14.9 Å². The van der Waals surface area contributed by atoms with Gasteiger partial charge in [-0.3, -0.25) is 0 Å². The van der Waals surface area contributed by atoms with Crippen LogP contribution in [0.15, 0.2) is 21.4 Å². The van der Waals surface area contributed by atoms with E-state index in [1.54, 1.807) is 26.8 Å². The second-order valence-electron chi connectivity index (χ2n) is 4.32. The fourth-order valence-corrected chi connectivity index (χ4v) is 2.98. The molecule has 0 saturated heterocycles. The van der Waals surface area contributed by atoms with Crippen molar-refractivity contribution in [3.63, 3.8) is 0 Å². The van der Waals surface area contributed by atoms with E-state index in [-0.39, 0.29) is 11.5 Å². The van der Waals surface area contributed by atoms with Gasteiger partial charge in [0.05, 0.1) is 4.90 Å². The molecule has 0 aliphatic heterocycles. The minimum absolute atomic E-state index is 0.0812. The Morgan fingerprint density at radius 3 is 2.45 bits per heavy atom. The summed E-state index contributed by atoms with van der Waals surface area (Å²) in [7, 11) is 1.60. The number of benzene rings is 1. The van der Waals surface area contributed by atoms with E-state index in [2.05, 4.69) is 10.2 Å². The fourth-order valence-electron chi connectivity index (χ4n) is 1.72. The van der Waals surface area contributed by atoms with Crippen molar-refractivity contribution in [2.45, 2.75) is 32.3 Å². The lowest BCUT2D eigenvalue weighted by molar-refractivity contribution is 0.258. The van der Waals surface area contributed by atoms with Crippen molar-refractivity contribution < 1.29 is 17.6 Å². The number of hydrogen-bond acceptors (Lipinski definition) is 6. The number of nitrogens with zero attached hydrogens (tertiary/aromatic N) is 2. The highest BCUT2D eigenvalue weighted by Gasteiger charge is 2.16. The Hall–Kier alpha value is -1.60. The maximum absolute atomic E-state index is 11.4. The molecule has 0 bridgehead atoms. The second-order valence-corrected chi connectivity index (χ2v) is 6.86. The Bertz CT molecular complexity index is 740. The molecule has 0 aliphatic carbocycles. The van der Waals surface area contributed by atoms with Crippen LogP contribution in [-0.2, 0) is 15.7 Å². The molecule has 0 amide bonds. The van der Waals surface area contributed by atoms with Crippen molar-refractivity contribution in [3.8, 4) is 5.75 Å². The first-order valence-electron chi connectivity index (χ1n) is 5.75. The molecule has 0 aliphatic rings. The van der Waals surface area contributed by atoms with Crippen LogP contribution in [-0.4, -0.2) is 18.6 Å². The first kappa shape index (κ1) is 14.8. The lowest BCUT2D eigenvalue weighted by Crippen LogP contribution is -2.01. The maximum Gasteiger partial charge on any atom is 0.261 e. The summed E-state index contributed by atoms with van der Waals surface area (Å²) in [5.41, 5.74) is 1.17. The molecule has 108 valence electrons. The summed E-state index contributed by atoms with van der Waals surface area (Å²) in [5.74, 6) is 1.36. The number of hydrogen-bond donors (Lipinski definition) is 0. The van der Waals surface area contributed by atoms with E-state index in [0.29, 0.717) is 28.7 Å². The Balaban J connectivity index is 2.23. The number of ether oxygens (including phenoxy) is 1. The smallest absolute Gasteiger partial charge is 0.261 e. The van der Waals surface area contributed by atoms with Gasteiger partial charge in [0.1, 0.15) is 5.75 Å². The number of aromatic nitrogens is 2. The van der Waals surface area contributed by atoms with Crippen LogP contribution < -0.4 is 4.74 Å². The lowest BCUT2D eigenvalue weighted by atomic mass is 10.1. The van der Waals surface area contributed by atoms with Gasteiger partial charge in [-0.1, -0.05) is 0 Å². The predicted octanol–water partition coefficient (Wildman–Crippen LogP) is 2.50. The lowest BCUT2D eigenvalue weighted by Gasteiger charge is -2.10. The van der Waals surface area contributed by atoms with Crippen LogP contribution in [0.4, 0.5) is 0 Å². The molecule has 2 aromatic rings. The van der Waals surface area contributed by atoms with Gasteiger partial charge >= 0.3 is 0 Å². The van der Waals surface area contributed by atoms with E-state index in [1.165, 1.54) is 6.07 Å². The molecule has 0 radical (unpaired) electrons. The molecule has 2 rings (SSSR count). The van der Waals surface area contributed by atoms with Crippen molar-refractivity contribution in [2.75, 3.05) is 0 Å². The van der Waals surface area contributed by atoms with Gasteiger partial charge in [-0.25, -0.2) is 8.42 Å². The topological polar surface area (TPSA) is 82.3 Å². The number of rotatable bonds is 4. The summed E-state index contributed by atoms with van der Waals surface area (Å²) in [6.07, 6.45) is 0. The summed E-state index contributed by atoms with van der Waals surface area (Å²) < 4.78 is 33.5. The summed E-state index contributed by atoms with van der Waals surface area (Å²) in [5, 5.41) is 7.50. The summed E-state index contributed by atoms with van der Waals surface area (Å²) in [4.78, 5) is 0.0812. The predicted molar refractivity (Wildman–Crippen MR) is 72.3 cm³/mol. The molecule has 1 aromatic carbocycles. The standard InChI is InChI=1S/C12H13ClN2O4S/c1-7-5-11(20(13,16)17)8(2)4-10(7)18-6-12-15-14-9(3)19-12/h4-5H,6H2,1-3H3. The third-order valence-corrected chi connectivity index (χ3v) is 4.12. The number of halogens is 1. The summed E-state index contributed by atoms with van der Waals surface area (Å²) >= 11 is 0. The largest absolute Gasteiger partial charge is 0.484 e. The average molecular weight is 317 g/mol. The van der Waals surface area contributed by atoms with E-state index in [4.69, 9.17) is 19.8 Å². The Morgan fingerprint density at radius 2 is 1.90 bits per heavy atom. The molecule has 0 unspecified atom stereocenters. The zero-order chi connectivity index (χ0) is 14.9. The van der Waals surface area contributed by atoms with Gasteiger partial charge in [0.15, 0.2) is 6.61 Å². The van der Waals surface area contributed by atoms with Gasteiger partial charge in [-0.2, -0.15) is 0 Å². The molecule has 0 spiro atoms. The molecule has 0 fully saturated rings. The zero-order valence-corrected chi connectivity index (χ0v) is 12.7. The van der Waals surface area contributed by atoms with Crippen molar-refractivity contribution in [2.24, 2.45) is 0 Å².